The average molecular weight is 220 g/mol. The van der Waals surface area contributed by atoms with Gasteiger partial charge in [-0.2, -0.15) is 0 Å². The average Bonchev–Trinajstić information content (AvgIpc) is 2.64. The van der Waals surface area contributed by atoms with E-state index >= 15 is 0 Å². The first-order valence-electron chi connectivity index (χ1n) is 6.21. The van der Waals surface area contributed by atoms with Crippen LogP contribution in [0.4, 0.5) is 0 Å². The van der Waals surface area contributed by atoms with Crippen molar-refractivity contribution in [2.45, 2.75) is 52.4 Å². The van der Waals surface area contributed by atoms with Crippen molar-refractivity contribution in [3.63, 3.8) is 0 Å². The maximum absolute atomic E-state index is 11.8. The Hall–Kier alpha value is -1.12. The van der Waals surface area contributed by atoms with E-state index in [1.807, 2.05) is 13.8 Å². The fourth-order valence-corrected chi connectivity index (χ4v) is 2.70. The third kappa shape index (κ3) is 2.04. The van der Waals surface area contributed by atoms with E-state index in [0.717, 1.165) is 42.3 Å². The van der Waals surface area contributed by atoms with Gasteiger partial charge in [0, 0.05) is 17.2 Å². The molecule has 0 spiro atoms. The van der Waals surface area contributed by atoms with Crippen LogP contribution in [0.3, 0.4) is 0 Å². The molecule has 1 saturated carbocycles. The predicted octanol–water partition coefficient (Wildman–Crippen LogP) is 2.54. The van der Waals surface area contributed by atoms with Crippen LogP contribution >= 0.6 is 0 Å². The van der Waals surface area contributed by atoms with Gasteiger partial charge in [0.15, 0.2) is 0 Å². The number of aromatic amines is 1. The molecule has 2 unspecified atom stereocenters. The van der Waals surface area contributed by atoms with Crippen molar-refractivity contribution in [2.24, 2.45) is 5.92 Å². The van der Waals surface area contributed by atoms with E-state index in [9.17, 15) is 4.79 Å². The van der Waals surface area contributed by atoms with Crippen LogP contribution in [0.15, 0.2) is 4.79 Å². The van der Waals surface area contributed by atoms with E-state index in [1.165, 1.54) is 6.42 Å². The minimum atomic E-state index is 0.0598. The highest BCUT2D eigenvalue weighted by Crippen LogP contribution is 2.36. The van der Waals surface area contributed by atoms with Gasteiger partial charge in [-0.1, -0.05) is 13.8 Å². The monoisotopic (exact) mass is 220 g/mol. The van der Waals surface area contributed by atoms with E-state index in [0.29, 0.717) is 5.92 Å². The van der Waals surface area contributed by atoms with Gasteiger partial charge in [-0.3, -0.25) is 4.79 Å². The summed E-state index contributed by atoms with van der Waals surface area (Å²) in [7, 11) is 0. The van der Waals surface area contributed by atoms with Crippen LogP contribution in [-0.2, 0) is 6.42 Å². The van der Waals surface area contributed by atoms with Crippen molar-refractivity contribution in [3.05, 3.63) is 27.4 Å². The third-order valence-corrected chi connectivity index (χ3v) is 3.68. The maximum atomic E-state index is 11.8. The van der Waals surface area contributed by atoms with Crippen molar-refractivity contribution in [1.29, 1.82) is 0 Å². The molecule has 0 radical (unpaired) electrons. The Balaban J connectivity index is 2.33. The number of hydrogen-bond donors (Lipinski definition) is 1. The maximum Gasteiger partial charge on any atom is 0.254 e. The Kier molecular flexibility index (Phi) is 3.13. The molecule has 0 amide bonds. The second-order valence-corrected chi connectivity index (χ2v) is 4.98. The number of nitrogens with one attached hydrogen (secondary N) is 1. The Labute approximate surface area is 96.3 Å². The van der Waals surface area contributed by atoms with E-state index in [4.69, 9.17) is 0 Å². The smallest absolute Gasteiger partial charge is 0.254 e. The first-order valence-corrected chi connectivity index (χ1v) is 6.21. The summed E-state index contributed by atoms with van der Waals surface area (Å²) >= 11 is 0. The number of rotatable bonds is 2. The number of nitrogens with zero attached hydrogens (tertiary/aromatic N) is 1. The summed E-state index contributed by atoms with van der Waals surface area (Å²) in [5.74, 6) is 2.14. The molecule has 1 fully saturated rings. The van der Waals surface area contributed by atoms with Crippen LogP contribution in [0.1, 0.15) is 56.1 Å². The largest absolute Gasteiger partial charge is 0.310 e. The van der Waals surface area contributed by atoms with Crippen LogP contribution in [0.5, 0.6) is 0 Å². The van der Waals surface area contributed by atoms with Gasteiger partial charge in [0.2, 0.25) is 0 Å². The van der Waals surface area contributed by atoms with E-state index in [2.05, 4.69) is 16.9 Å². The van der Waals surface area contributed by atoms with Crippen LogP contribution in [-0.4, -0.2) is 9.97 Å². The van der Waals surface area contributed by atoms with E-state index in [1.54, 1.807) is 0 Å². The van der Waals surface area contributed by atoms with Crippen molar-refractivity contribution in [3.8, 4) is 0 Å². The fraction of sp³-hybridized carbons (Fsp3) is 0.692. The minimum absolute atomic E-state index is 0.0598. The summed E-state index contributed by atoms with van der Waals surface area (Å²) in [6.07, 6.45) is 4.33. The zero-order valence-electron chi connectivity index (χ0n) is 10.3. The third-order valence-electron chi connectivity index (χ3n) is 3.68. The summed E-state index contributed by atoms with van der Waals surface area (Å²) < 4.78 is 0. The van der Waals surface area contributed by atoms with Crippen LogP contribution in [0.25, 0.3) is 0 Å². The Morgan fingerprint density at radius 2 is 2.19 bits per heavy atom. The van der Waals surface area contributed by atoms with Gasteiger partial charge in [-0.15, -0.1) is 0 Å². The molecule has 1 aliphatic rings. The number of aromatic nitrogens is 2. The second kappa shape index (κ2) is 4.40. The molecular weight excluding hydrogens is 200 g/mol. The van der Waals surface area contributed by atoms with Crippen LogP contribution < -0.4 is 5.56 Å². The zero-order chi connectivity index (χ0) is 11.7. The van der Waals surface area contributed by atoms with Gasteiger partial charge in [-0.25, -0.2) is 4.98 Å². The SMILES string of the molecule is CCc1c(C)nc(C2CCC(C)C2)[nH]c1=O. The summed E-state index contributed by atoms with van der Waals surface area (Å²) in [5, 5.41) is 0. The van der Waals surface area contributed by atoms with Crippen molar-refractivity contribution in [1.82, 2.24) is 9.97 Å². The first kappa shape index (κ1) is 11.4. The lowest BCUT2D eigenvalue weighted by molar-refractivity contribution is 0.582. The first-order chi connectivity index (χ1) is 7.61. The normalized spacial score (nSPS) is 24.9. The number of aryl methyl sites for hydroxylation is 1. The minimum Gasteiger partial charge on any atom is -0.310 e. The molecule has 1 heterocycles. The van der Waals surface area contributed by atoms with Crippen molar-refractivity contribution >= 4 is 0 Å². The summed E-state index contributed by atoms with van der Waals surface area (Å²) in [6.45, 7) is 6.21. The molecule has 3 nitrogen and oxygen atoms in total. The standard InChI is InChI=1S/C13H20N2O/c1-4-11-9(3)14-12(15-13(11)16)10-6-5-8(2)7-10/h8,10H,4-7H2,1-3H3,(H,14,15,16). The summed E-state index contributed by atoms with van der Waals surface area (Å²) in [5.41, 5.74) is 1.79. The molecule has 1 aromatic rings. The van der Waals surface area contributed by atoms with Gasteiger partial charge in [0.25, 0.3) is 5.56 Å². The molecule has 88 valence electrons. The number of H-pyrrole nitrogens is 1. The Morgan fingerprint density at radius 1 is 1.44 bits per heavy atom. The van der Waals surface area contributed by atoms with Gasteiger partial charge in [0.05, 0.1) is 0 Å². The molecule has 2 rings (SSSR count). The van der Waals surface area contributed by atoms with Gasteiger partial charge < -0.3 is 4.98 Å². The molecular formula is C13H20N2O. The second-order valence-electron chi connectivity index (χ2n) is 4.98. The van der Waals surface area contributed by atoms with Gasteiger partial charge in [0.1, 0.15) is 5.82 Å². The fourth-order valence-electron chi connectivity index (χ4n) is 2.70. The molecule has 0 aliphatic heterocycles. The molecule has 0 bridgehead atoms. The predicted molar refractivity (Wildman–Crippen MR) is 64.7 cm³/mol. The molecule has 1 aliphatic carbocycles. The van der Waals surface area contributed by atoms with Crippen molar-refractivity contribution < 1.29 is 0 Å². The summed E-state index contributed by atoms with van der Waals surface area (Å²) in [6, 6.07) is 0. The Bertz CT molecular complexity index is 436. The zero-order valence-corrected chi connectivity index (χ0v) is 10.3. The lowest BCUT2D eigenvalue weighted by Gasteiger charge is -2.11. The van der Waals surface area contributed by atoms with Crippen molar-refractivity contribution in [2.75, 3.05) is 0 Å². The molecule has 3 heteroatoms. The molecule has 0 aromatic carbocycles. The highest BCUT2D eigenvalue weighted by atomic mass is 16.1. The highest BCUT2D eigenvalue weighted by Gasteiger charge is 2.25. The highest BCUT2D eigenvalue weighted by molar-refractivity contribution is 5.17. The molecule has 0 saturated heterocycles. The lowest BCUT2D eigenvalue weighted by Crippen LogP contribution is -2.19. The molecule has 2 atom stereocenters. The lowest BCUT2D eigenvalue weighted by atomic mass is 10.0. The Morgan fingerprint density at radius 3 is 2.69 bits per heavy atom. The van der Waals surface area contributed by atoms with Gasteiger partial charge in [-0.05, 0) is 38.5 Å². The van der Waals surface area contributed by atoms with E-state index < -0.39 is 0 Å². The van der Waals surface area contributed by atoms with Crippen LogP contribution in [0.2, 0.25) is 0 Å². The molecule has 1 aromatic heterocycles. The van der Waals surface area contributed by atoms with Crippen LogP contribution in [0, 0.1) is 12.8 Å². The topological polar surface area (TPSA) is 45.8 Å². The number of hydrogen-bond acceptors (Lipinski definition) is 2. The summed E-state index contributed by atoms with van der Waals surface area (Å²) in [4.78, 5) is 19.4. The van der Waals surface area contributed by atoms with Gasteiger partial charge >= 0.3 is 0 Å². The van der Waals surface area contributed by atoms with E-state index in [-0.39, 0.29) is 5.56 Å². The molecule has 1 N–H and O–H groups in total. The quantitative estimate of drug-likeness (QED) is 0.832. The molecule has 16 heavy (non-hydrogen) atoms.